The van der Waals surface area contributed by atoms with Crippen molar-refractivity contribution in [2.45, 2.75) is 274 Å². The van der Waals surface area contributed by atoms with Crippen LogP contribution < -0.4 is 0 Å². The largest absolute Gasteiger partial charge is 0.271 e. The van der Waals surface area contributed by atoms with Crippen molar-refractivity contribution in [2.24, 2.45) is 11.8 Å². The summed E-state index contributed by atoms with van der Waals surface area (Å²) in [4.78, 5) is 142. The molecular weight excluding hydrogens is 1790 g/mol. The van der Waals surface area contributed by atoms with Gasteiger partial charge in [-0.1, -0.05) is 222 Å². The Morgan fingerprint density at radius 2 is 0.485 bits per heavy atom. The molecule has 2 atom stereocenters. The van der Waals surface area contributed by atoms with E-state index in [4.69, 9.17) is 0 Å². The molecule has 18 heteroatoms. The summed E-state index contributed by atoms with van der Waals surface area (Å²) in [6, 6.07) is 50.4. The predicted molar refractivity (Wildman–Crippen MR) is 574 cm³/mol. The van der Waals surface area contributed by atoms with E-state index in [0.29, 0.717) is 104 Å². The van der Waals surface area contributed by atoms with E-state index < -0.39 is 0 Å². The Balaban J connectivity index is 0.770. The molecule has 6 aromatic heterocycles. The standard InChI is InChI=1S/C118H118N4O8S6/c1-13-25-35-63(23-11)57-69-37-51-93(131-69)103-87-61-95(91-55-53-89(133-91)85-59-83-75-43-47-79-101-77(111(123)119(113(79)125)65(27-15-3)28-16-4)45-39-71(97(75)101)73-41-49-81-105(99(73)83)107(85)117(129)121(115(81)127)67(31-19-7)32-20-8)136-110(87)104(94-52-38-70(132-94)58-64(24-12)36-26-14-2)88-62-96(135-109(88)103)92-56-54-90(134-92)86-60-84-76-44-48-80-102-78(112(124)120(114(80)126)66(29-17-5)30-18-6)46-40-72(98(76)102)74-42-50-82-106(100(74)84)108(86)118(130)122(116(82)128)68(33-21-9)34-22-10/h37-56,59-68H,13-36,57-58H2,1-12H3. The summed E-state index contributed by atoms with van der Waals surface area (Å²) in [6.07, 6.45) is 23.4. The van der Waals surface area contributed by atoms with E-state index in [1.165, 1.54) is 86.3 Å². The smallest absolute Gasteiger partial charge is 0.262 e. The zero-order valence-electron chi connectivity index (χ0n) is 80.2. The number of benzene rings is 11. The Morgan fingerprint density at radius 1 is 0.213 bits per heavy atom. The molecule has 0 radical (unpaired) electrons. The number of carbonyl (C=O) groups is 8. The van der Waals surface area contributed by atoms with Crippen molar-refractivity contribution in [3.05, 3.63) is 200 Å². The van der Waals surface area contributed by atoms with E-state index in [-0.39, 0.29) is 71.4 Å². The Kier molecular flexibility index (Phi) is 25.1. The van der Waals surface area contributed by atoms with E-state index in [0.717, 1.165) is 221 Å². The van der Waals surface area contributed by atoms with Crippen LogP contribution in [0.1, 0.15) is 330 Å². The first-order valence-electron chi connectivity index (χ1n) is 50.7. The lowest BCUT2D eigenvalue weighted by Gasteiger charge is -2.36. The van der Waals surface area contributed by atoms with Gasteiger partial charge >= 0.3 is 0 Å². The van der Waals surface area contributed by atoms with Gasteiger partial charge in [-0.3, -0.25) is 58.0 Å². The molecule has 11 aromatic carbocycles. The molecule has 10 heterocycles. The maximum Gasteiger partial charge on any atom is 0.262 e. The van der Waals surface area contributed by atoms with Gasteiger partial charge in [-0.05, 0) is 250 Å². The van der Waals surface area contributed by atoms with E-state index in [2.05, 4.69) is 168 Å². The Bertz CT molecular complexity index is 7200. The first kappa shape index (κ1) is 91.7. The topological polar surface area (TPSA) is 150 Å². The Hall–Kier alpha value is -10.7. The monoisotopic (exact) mass is 1910 g/mol. The number of thiophene rings is 6. The number of unbranched alkanes of at least 4 members (excludes halogenated alkanes) is 2. The van der Waals surface area contributed by atoms with E-state index in [9.17, 15) is 0 Å². The molecule has 8 amide bonds. The van der Waals surface area contributed by atoms with Crippen LogP contribution in [-0.2, 0) is 12.8 Å². The molecular formula is C118H118N4O8S6. The highest BCUT2D eigenvalue weighted by molar-refractivity contribution is 7.30. The molecule has 17 aromatic rings. The minimum Gasteiger partial charge on any atom is -0.271 e. The SMILES string of the molecule is CCCCC(CC)Cc1ccc(-c2c3cc(-c4ccc(-c5cc6c7ccc8c9c(ccc(c%10ccc%11c(c5C(=O)N(C(CCC)CCC)C%11=O)c%106)c97)C(=O)N(C(CCC)CCC)C8=O)s4)sc3c(-c3ccc(CC(CC)CCCC)s3)c3cc(-c4ccc(-c5cc6c7ccc8c9c(ccc(c%10ccc%11c(c5C(=O)N(C(CCC)CCC)C%11=O)c%106)c97)C(=O)N(C(CCC)CCC)C8=O)s4)sc23)s1. The summed E-state index contributed by atoms with van der Waals surface area (Å²) in [6.45, 7) is 26.2. The van der Waals surface area contributed by atoms with Gasteiger partial charge in [-0.25, -0.2) is 0 Å². The third-order valence-electron chi connectivity index (χ3n) is 30.6. The van der Waals surface area contributed by atoms with Crippen LogP contribution in [0.5, 0.6) is 0 Å². The van der Waals surface area contributed by atoms with Crippen LogP contribution in [0.3, 0.4) is 0 Å². The third kappa shape index (κ3) is 14.6. The highest BCUT2D eigenvalue weighted by atomic mass is 32.1. The second kappa shape index (κ2) is 37.2. The van der Waals surface area contributed by atoms with Crippen molar-refractivity contribution in [1.29, 1.82) is 0 Å². The molecule has 0 bridgehead atoms. The molecule has 0 saturated heterocycles. The minimum absolute atomic E-state index is 0.225. The fourth-order valence-electron chi connectivity index (χ4n) is 24.2. The molecule has 2 unspecified atom stereocenters. The molecule has 0 aliphatic carbocycles. The van der Waals surface area contributed by atoms with Gasteiger partial charge in [0.2, 0.25) is 0 Å². The molecule has 0 saturated carbocycles. The molecule has 0 fully saturated rings. The van der Waals surface area contributed by atoms with Gasteiger partial charge in [0.1, 0.15) is 0 Å². The van der Waals surface area contributed by atoms with Crippen LogP contribution >= 0.6 is 68.0 Å². The van der Waals surface area contributed by atoms with Crippen molar-refractivity contribution in [2.75, 3.05) is 0 Å². The highest BCUT2D eigenvalue weighted by Gasteiger charge is 2.46. The number of imide groups is 4. The van der Waals surface area contributed by atoms with Crippen LogP contribution in [0.25, 0.3) is 168 Å². The summed E-state index contributed by atoms with van der Waals surface area (Å²) in [5, 5.41) is 15.2. The lowest BCUT2D eigenvalue weighted by molar-refractivity contribution is 0.0505. The normalized spacial score (nSPS) is 14.8. The summed E-state index contributed by atoms with van der Waals surface area (Å²) < 4.78 is 2.39. The minimum atomic E-state index is -0.306. The van der Waals surface area contributed by atoms with Crippen LogP contribution in [0.2, 0.25) is 0 Å². The lowest BCUT2D eigenvalue weighted by atomic mass is 9.80. The average Bonchev–Trinajstić information content (AvgIpc) is 1.14. The molecule has 4 aliphatic heterocycles. The second-order valence-corrected chi connectivity index (χ2v) is 45.7. The van der Waals surface area contributed by atoms with Crippen LogP contribution in [0, 0.1) is 11.8 Å². The fourth-order valence-corrected chi connectivity index (χ4v) is 31.4. The van der Waals surface area contributed by atoms with Crippen molar-refractivity contribution in [3.63, 3.8) is 0 Å². The lowest BCUT2D eigenvalue weighted by Crippen LogP contribution is -2.47. The van der Waals surface area contributed by atoms with Crippen LogP contribution in [0.4, 0.5) is 0 Å². The zero-order valence-corrected chi connectivity index (χ0v) is 85.1. The first-order valence-corrected chi connectivity index (χ1v) is 55.6. The number of carbonyl (C=O) groups excluding carboxylic acids is 8. The van der Waals surface area contributed by atoms with Gasteiger partial charge < -0.3 is 0 Å². The summed E-state index contributed by atoms with van der Waals surface area (Å²) in [7, 11) is 0. The molecule has 12 nitrogen and oxygen atoms in total. The molecule has 0 spiro atoms. The second-order valence-electron chi connectivity index (χ2n) is 39.1. The summed E-state index contributed by atoms with van der Waals surface area (Å²) in [5.74, 6) is -1.08. The maximum atomic E-state index is 16.4. The number of nitrogens with zero attached hydrogens (tertiary/aromatic N) is 4. The number of hydrogen-bond acceptors (Lipinski definition) is 14. The van der Waals surface area contributed by atoms with Crippen molar-refractivity contribution >= 4 is 222 Å². The Morgan fingerprint density at radius 3 is 0.779 bits per heavy atom. The quantitative estimate of drug-likeness (QED) is 0.0211. The highest BCUT2D eigenvalue weighted by Crippen LogP contribution is 2.59. The summed E-state index contributed by atoms with van der Waals surface area (Å²) >= 11 is 10.9. The third-order valence-corrected chi connectivity index (χ3v) is 37.8. The van der Waals surface area contributed by atoms with Gasteiger partial charge in [0, 0.05) is 170 Å². The molecule has 136 heavy (non-hydrogen) atoms. The maximum absolute atomic E-state index is 16.4. The van der Waals surface area contributed by atoms with Gasteiger partial charge in [-0.15, -0.1) is 68.0 Å². The van der Waals surface area contributed by atoms with E-state index in [1.54, 1.807) is 32.5 Å². The van der Waals surface area contributed by atoms with Crippen molar-refractivity contribution in [3.8, 4) is 61.3 Å². The molecule has 4 aliphatic rings. The molecule has 694 valence electrons. The average molecular weight is 1910 g/mol. The first-order chi connectivity index (χ1) is 66.3. The fraction of sp³-hybridized carbons (Fsp3) is 0.373. The number of hydrogen-bond donors (Lipinski definition) is 0. The zero-order chi connectivity index (χ0) is 94.2. The van der Waals surface area contributed by atoms with Crippen LogP contribution in [0.15, 0.2) is 146 Å². The van der Waals surface area contributed by atoms with Crippen molar-refractivity contribution in [1.82, 2.24) is 19.6 Å². The van der Waals surface area contributed by atoms with Gasteiger partial charge in [0.25, 0.3) is 47.3 Å². The molecule has 21 rings (SSSR count). The van der Waals surface area contributed by atoms with Gasteiger partial charge in [0.15, 0.2) is 0 Å². The van der Waals surface area contributed by atoms with Gasteiger partial charge in [0.05, 0.1) is 11.1 Å². The van der Waals surface area contributed by atoms with Crippen LogP contribution in [-0.4, -0.2) is 91.0 Å². The number of fused-ring (bicyclic) bond motifs is 6. The van der Waals surface area contributed by atoms with E-state index >= 15 is 38.4 Å². The number of rotatable bonds is 38. The summed E-state index contributed by atoms with van der Waals surface area (Å²) in [5.41, 5.74) is 8.00. The number of amides is 8. The van der Waals surface area contributed by atoms with E-state index in [1.807, 2.05) is 106 Å². The molecule has 0 N–H and O–H groups in total. The van der Waals surface area contributed by atoms with Gasteiger partial charge in [-0.2, -0.15) is 0 Å². The Labute approximate surface area is 820 Å². The predicted octanol–water partition coefficient (Wildman–Crippen LogP) is 34.2. The van der Waals surface area contributed by atoms with Crippen molar-refractivity contribution < 1.29 is 38.4 Å².